The molecule has 1 amide bonds. The molecule has 2 rings (SSSR count). The van der Waals surface area contributed by atoms with E-state index in [4.69, 9.17) is 12.2 Å². The van der Waals surface area contributed by atoms with Crippen LogP contribution in [0.15, 0.2) is 6.07 Å². The summed E-state index contributed by atoms with van der Waals surface area (Å²) in [6.07, 6.45) is 9.09. The number of carbonyl (C=O) groups excluding carboxylic acids is 1. The lowest BCUT2D eigenvalue weighted by Crippen LogP contribution is -2.46. The third-order valence-electron chi connectivity index (χ3n) is 3.57. The molecule has 0 aromatic carbocycles. The molecule has 0 spiro atoms. The van der Waals surface area contributed by atoms with E-state index in [1.807, 2.05) is 17.8 Å². The van der Waals surface area contributed by atoms with Crippen LogP contribution >= 0.6 is 35.3 Å². The van der Waals surface area contributed by atoms with Gasteiger partial charge >= 0.3 is 0 Å². The molecule has 1 aromatic rings. The summed E-state index contributed by atoms with van der Waals surface area (Å²) in [5, 5.41) is 3.54. The van der Waals surface area contributed by atoms with Crippen LogP contribution in [-0.4, -0.2) is 29.6 Å². The predicted octanol–water partition coefficient (Wildman–Crippen LogP) is 2.88. The van der Waals surface area contributed by atoms with E-state index in [1.54, 1.807) is 11.3 Å². The molecule has 122 valence electrons. The van der Waals surface area contributed by atoms with Gasteiger partial charge in [0.2, 0.25) is 0 Å². The molecule has 1 heterocycles. The zero-order valence-electron chi connectivity index (χ0n) is 12.9. The van der Waals surface area contributed by atoms with Gasteiger partial charge in [0.05, 0.1) is 4.88 Å². The monoisotopic (exact) mass is 357 g/mol. The van der Waals surface area contributed by atoms with Crippen LogP contribution in [0.3, 0.4) is 0 Å². The van der Waals surface area contributed by atoms with Crippen molar-refractivity contribution < 1.29 is 4.79 Å². The minimum atomic E-state index is -0.105. The summed E-state index contributed by atoms with van der Waals surface area (Å²) in [5.74, 6) is 0.995. The van der Waals surface area contributed by atoms with E-state index in [9.17, 15) is 4.79 Å². The summed E-state index contributed by atoms with van der Waals surface area (Å²) >= 11 is 8.56. The van der Waals surface area contributed by atoms with E-state index in [0.717, 1.165) is 36.4 Å². The van der Waals surface area contributed by atoms with Gasteiger partial charge < -0.3 is 5.32 Å². The van der Waals surface area contributed by atoms with Crippen LogP contribution in [0.4, 0.5) is 0 Å². The third kappa shape index (κ3) is 5.44. The molecule has 0 atom stereocenters. The number of thiophene rings is 1. The lowest BCUT2D eigenvalue weighted by Gasteiger charge is -2.10. The molecule has 0 saturated heterocycles. The summed E-state index contributed by atoms with van der Waals surface area (Å²) < 4.78 is 0. The average Bonchev–Trinajstić information content (AvgIpc) is 2.80. The van der Waals surface area contributed by atoms with Gasteiger partial charge in [0.1, 0.15) is 0 Å². The van der Waals surface area contributed by atoms with E-state index in [2.05, 4.69) is 22.4 Å². The Balaban J connectivity index is 1.76. The Hall–Kier alpha value is -0.790. The first-order valence-corrected chi connectivity index (χ1v) is 10.3. The molecule has 0 fully saturated rings. The molecular weight excluding hydrogens is 334 g/mol. The number of carbonyl (C=O) groups is 1. The second kappa shape index (κ2) is 9.37. The highest BCUT2D eigenvalue weighted by Gasteiger charge is 2.16. The van der Waals surface area contributed by atoms with Crippen LogP contribution < -0.4 is 16.2 Å². The van der Waals surface area contributed by atoms with Gasteiger partial charge in [0, 0.05) is 11.4 Å². The Labute approximate surface area is 145 Å². The Bertz CT molecular complexity index is 493. The minimum Gasteiger partial charge on any atom is -0.361 e. The molecule has 0 unspecified atom stereocenters. The number of hydrogen-bond donors (Lipinski definition) is 3. The smallest absolute Gasteiger partial charge is 0.279 e. The normalized spacial score (nSPS) is 13.9. The van der Waals surface area contributed by atoms with Gasteiger partial charge in [-0.1, -0.05) is 6.42 Å². The molecule has 4 nitrogen and oxygen atoms in total. The quantitative estimate of drug-likeness (QED) is 0.327. The first kappa shape index (κ1) is 17.6. The number of thioether (sulfide) groups is 1. The van der Waals surface area contributed by atoms with Crippen LogP contribution in [0.5, 0.6) is 0 Å². The maximum absolute atomic E-state index is 12.2. The van der Waals surface area contributed by atoms with Crippen molar-refractivity contribution in [1.82, 2.24) is 16.2 Å². The standard InChI is InChI=1S/C15H23N3OS3/c1-21-9-5-8-16-15(20)18-17-14(19)13-10-11-6-3-2-4-7-12(11)22-13/h10H,2-9H2,1H3,(H,17,19)(H2,16,18,20). The molecule has 1 aromatic heterocycles. The highest BCUT2D eigenvalue weighted by atomic mass is 32.2. The highest BCUT2D eigenvalue weighted by molar-refractivity contribution is 7.98. The highest BCUT2D eigenvalue weighted by Crippen LogP contribution is 2.28. The zero-order valence-corrected chi connectivity index (χ0v) is 15.3. The van der Waals surface area contributed by atoms with E-state index < -0.39 is 0 Å². The summed E-state index contributed by atoms with van der Waals surface area (Å²) in [7, 11) is 0. The lowest BCUT2D eigenvalue weighted by atomic mass is 10.1. The maximum Gasteiger partial charge on any atom is 0.279 e. The van der Waals surface area contributed by atoms with E-state index in [0.29, 0.717) is 5.11 Å². The van der Waals surface area contributed by atoms with Gasteiger partial charge in [-0.3, -0.25) is 15.6 Å². The van der Waals surface area contributed by atoms with Gasteiger partial charge in [-0.25, -0.2) is 0 Å². The minimum absolute atomic E-state index is 0.105. The fourth-order valence-electron chi connectivity index (χ4n) is 2.42. The van der Waals surface area contributed by atoms with Gasteiger partial charge in [-0.05, 0) is 68.0 Å². The third-order valence-corrected chi connectivity index (χ3v) is 5.75. The summed E-state index contributed by atoms with van der Waals surface area (Å²) in [6.45, 7) is 0.815. The number of amides is 1. The van der Waals surface area contributed by atoms with Crippen molar-refractivity contribution >= 4 is 46.3 Å². The van der Waals surface area contributed by atoms with Gasteiger partial charge in [-0.15, -0.1) is 11.3 Å². The number of aryl methyl sites for hydroxylation is 2. The largest absolute Gasteiger partial charge is 0.361 e. The zero-order chi connectivity index (χ0) is 15.8. The predicted molar refractivity (Wildman–Crippen MR) is 99.8 cm³/mol. The lowest BCUT2D eigenvalue weighted by molar-refractivity contribution is 0.0947. The van der Waals surface area contributed by atoms with Crippen molar-refractivity contribution in [3.05, 3.63) is 21.4 Å². The molecule has 7 heteroatoms. The van der Waals surface area contributed by atoms with Gasteiger partial charge in [0.15, 0.2) is 5.11 Å². The number of hydrazine groups is 1. The molecule has 22 heavy (non-hydrogen) atoms. The van der Waals surface area contributed by atoms with Gasteiger partial charge in [0.25, 0.3) is 5.91 Å². The van der Waals surface area contributed by atoms with E-state index >= 15 is 0 Å². The molecule has 0 bridgehead atoms. The van der Waals surface area contributed by atoms with Crippen LogP contribution in [-0.2, 0) is 12.8 Å². The maximum atomic E-state index is 12.2. The fraction of sp³-hybridized carbons (Fsp3) is 0.600. The molecule has 0 radical (unpaired) electrons. The molecule has 0 saturated carbocycles. The van der Waals surface area contributed by atoms with Crippen LogP contribution in [0.25, 0.3) is 0 Å². The molecule has 0 aliphatic heterocycles. The molecule has 1 aliphatic carbocycles. The first-order valence-electron chi connectivity index (χ1n) is 7.65. The van der Waals surface area contributed by atoms with Crippen LogP contribution in [0.1, 0.15) is 45.8 Å². The number of nitrogens with one attached hydrogen (secondary N) is 3. The number of fused-ring (bicyclic) bond motifs is 1. The molecular formula is C15H23N3OS3. The van der Waals surface area contributed by atoms with Crippen molar-refractivity contribution in [3.63, 3.8) is 0 Å². The Morgan fingerprint density at radius 3 is 2.95 bits per heavy atom. The Morgan fingerprint density at radius 1 is 1.32 bits per heavy atom. The van der Waals surface area contributed by atoms with Crippen LogP contribution in [0.2, 0.25) is 0 Å². The summed E-state index contributed by atoms with van der Waals surface area (Å²) in [6, 6.07) is 2.04. The second-order valence-electron chi connectivity index (χ2n) is 5.30. The van der Waals surface area contributed by atoms with Crippen LogP contribution in [0, 0.1) is 0 Å². The summed E-state index contributed by atoms with van der Waals surface area (Å²) in [4.78, 5) is 14.3. The van der Waals surface area contributed by atoms with E-state index in [1.165, 1.54) is 29.7 Å². The van der Waals surface area contributed by atoms with Crippen molar-refractivity contribution in [1.29, 1.82) is 0 Å². The number of rotatable bonds is 5. The van der Waals surface area contributed by atoms with Crippen molar-refractivity contribution in [2.45, 2.75) is 38.5 Å². The fourth-order valence-corrected chi connectivity index (χ4v) is 4.15. The van der Waals surface area contributed by atoms with Gasteiger partial charge in [-0.2, -0.15) is 11.8 Å². The molecule has 3 N–H and O–H groups in total. The summed E-state index contributed by atoms with van der Waals surface area (Å²) in [5.41, 5.74) is 6.80. The topological polar surface area (TPSA) is 53.2 Å². The first-order chi connectivity index (χ1) is 10.7. The Kier molecular flexibility index (Phi) is 7.48. The van der Waals surface area contributed by atoms with E-state index in [-0.39, 0.29) is 5.91 Å². The number of thiocarbonyl (C=S) groups is 1. The number of hydrogen-bond acceptors (Lipinski definition) is 4. The second-order valence-corrected chi connectivity index (χ2v) is 7.83. The Morgan fingerprint density at radius 2 is 2.14 bits per heavy atom. The SMILES string of the molecule is CSCCCNC(=S)NNC(=O)c1cc2c(s1)CCCCC2. The molecule has 1 aliphatic rings. The van der Waals surface area contributed by atoms with Crippen molar-refractivity contribution in [2.75, 3.05) is 18.6 Å². The van der Waals surface area contributed by atoms with Crippen molar-refractivity contribution in [3.8, 4) is 0 Å². The average molecular weight is 358 g/mol. The van der Waals surface area contributed by atoms with Crippen molar-refractivity contribution in [2.24, 2.45) is 0 Å².